The van der Waals surface area contributed by atoms with Crippen LogP contribution in [0.4, 0.5) is 13.9 Å². The summed E-state index contributed by atoms with van der Waals surface area (Å²) in [4.78, 5) is 28.7. The topological polar surface area (TPSA) is 104 Å². The lowest BCUT2D eigenvalue weighted by atomic mass is 9.98. The van der Waals surface area contributed by atoms with E-state index in [1.165, 1.54) is 12.1 Å². The number of fused-ring (bicyclic) bond motifs is 3. The molecular formula is C24H19ClF2N5O3S+. The Hall–Kier alpha value is -3.75. The summed E-state index contributed by atoms with van der Waals surface area (Å²) in [7, 11) is 0. The Labute approximate surface area is 213 Å². The lowest BCUT2D eigenvalue weighted by Crippen LogP contribution is -2.57. The SMILES string of the molecule is C=CC(=O)N1CCN2C(=O)c3cc(F)c(-c4ccc(F)c5sc(N)[n+](C#N)c45)c(Cl)c3OCC[C@H]2C1. The second-order valence-electron chi connectivity index (χ2n) is 8.35. The van der Waals surface area contributed by atoms with Crippen molar-refractivity contribution in [3.05, 3.63) is 53.1 Å². The van der Waals surface area contributed by atoms with Crippen molar-refractivity contribution in [2.24, 2.45) is 0 Å². The number of nitrogens with zero attached hydrogens (tertiary/aromatic N) is 4. The van der Waals surface area contributed by atoms with Crippen LogP contribution in [-0.2, 0) is 4.79 Å². The Morgan fingerprint density at radius 1 is 1.33 bits per heavy atom. The predicted molar refractivity (Wildman–Crippen MR) is 130 cm³/mol. The van der Waals surface area contributed by atoms with Crippen molar-refractivity contribution in [2.75, 3.05) is 32.0 Å². The van der Waals surface area contributed by atoms with E-state index in [1.807, 2.05) is 6.19 Å². The van der Waals surface area contributed by atoms with Crippen molar-refractivity contribution >= 4 is 50.1 Å². The van der Waals surface area contributed by atoms with E-state index >= 15 is 4.39 Å². The average Bonchev–Trinajstić information content (AvgIpc) is 3.21. The van der Waals surface area contributed by atoms with Crippen LogP contribution in [0.15, 0.2) is 30.9 Å². The molecule has 2 N–H and O–H groups in total. The van der Waals surface area contributed by atoms with Gasteiger partial charge in [0.1, 0.15) is 21.9 Å². The number of halogens is 3. The Morgan fingerprint density at radius 2 is 2.11 bits per heavy atom. The molecular weight excluding hydrogens is 512 g/mol. The fourth-order valence-corrected chi connectivity index (χ4v) is 5.97. The number of nitrogen functional groups attached to an aromatic ring is 1. The van der Waals surface area contributed by atoms with E-state index in [0.29, 0.717) is 19.5 Å². The van der Waals surface area contributed by atoms with Gasteiger partial charge in [-0.1, -0.05) is 29.5 Å². The maximum atomic E-state index is 15.7. The smallest absolute Gasteiger partial charge is 0.376 e. The molecule has 2 aromatic carbocycles. The molecule has 2 aliphatic heterocycles. The number of thiazole rings is 1. The van der Waals surface area contributed by atoms with E-state index in [1.54, 1.807) is 9.80 Å². The number of amides is 2. The summed E-state index contributed by atoms with van der Waals surface area (Å²) in [5.41, 5.74) is 5.91. The Morgan fingerprint density at radius 3 is 2.83 bits per heavy atom. The minimum atomic E-state index is -0.838. The van der Waals surface area contributed by atoms with Gasteiger partial charge < -0.3 is 20.3 Å². The molecule has 0 spiro atoms. The van der Waals surface area contributed by atoms with Crippen molar-refractivity contribution in [2.45, 2.75) is 12.5 Å². The zero-order chi connectivity index (χ0) is 25.7. The van der Waals surface area contributed by atoms with Gasteiger partial charge in [0.25, 0.3) is 11.0 Å². The summed E-state index contributed by atoms with van der Waals surface area (Å²) in [5, 5.41) is 9.42. The number of aromatic nitrogens is 1. The first-order valence-corrected chi connectivity index (χ1v) is 12.2. The van der Waals surface area contributed by atoms with Crippen molar-refractivity contribution in [3.8, 4) is 23.1 Å². The highest BCUT2D eigenvalue weighted by Gasteiger charge is 2.37. The highest BCUT2D eigenvalue weighted by Crippen LogP contribution is 2.44. The largest absolute Gasteiger partial charge is 0.491 e. The number of benzene rings is 2. The van der Waals surface area contributed by atoms with E-state index < -0.39 is 17.5 Å². The normalized spacial score (nSPS) is 17.5. The first kappa shape index (κ1) is 24.0. The van der Waals surface area contributed by atoms with E-state index in [4.69, 9.17) is 22.1 Å². The molecule has 12 heteroatoms. The van der Waals surface area contributed by atoms with E-state index in [0.717, 1.165) is 28.0 Å². The number of hydrogen-bond donors (Lipinski definition) is 1. The Kier molecular flexibility index (Phi) is 6.02. The number of nitrogens with two attached hydrogens (primary N) is 1. The fourth-order valence-electron chi connectivity index (χ4n) is 4.73. The van der Waals surface area contributed by atoms with Crippen LogP contribution in [0.5, 0.6) is 5.75 Å². The number of carbonyl (C=O) groups is 2. The lowest BCUT2D eigenvalue weighted by Gasteiger charge is -2.42. The zero-order valence-corrected chi connectivity index (χ0v) is 20.3. The zero-order valence-electron chi connectivity index (χ0n) is 18.8. The summed E-state index contributed by atoms with van der Waals surface area (Å²) >= 11 is 7.50. The highest BCUT2D eigenvalue weighted by atomic mass is 35.5. The summed E-state index contributed by atoms with van der Waals surface area (Å²) in [6.45, 7) is 4.56. The molecule has 0 aliphatic carbocycles. The molecule has 1 saturated heterocycles. The van der Waals surface area contributed by atoms with Gasteiger partial charge in [0.15, 0.2) is 5.75 Å². The molecule has 184 valence electrons. The van der Waals surface area contributed by atoms with E-state index in [9.17, 15) is 19.2 Å². The van der Waals surface area contributed by atoms with E-state index in [-0.39, 0.29) is 67.9 Å². The van der Waals surface area contributed by atoms with Gasteiger partial charge in [-0.3, -0.25) is 9.59 Å². The summed E-state index contributed by atoms with van der Waals surface area (Å²) in [6, 6.07) is 3.18. The van der Waals surface area contributed by atoms with Gasteiger partial charge in [-0.2, -0.15) is 0 Å². The Bertz CT molecular complexity index is 1500. The van der Waals surface area contributed by atoms with Crippen molar-refractivity contribution in [1.82, 2.24) is 9.80 Å². The molecule has 2 aliphatic rings. The van der Waals surface area contributed by atoms with Gasteiger partial charge in [-0.05, 0) is 24.3 Å². The minimum Gasteiger partial charge on any atom is -0.491 e. The maximum absolute atomic E-state index is 15.7. The summed E-state index contributed by atoms with van der Waals surface area (Å²) < 4.78 is 37.1. The number of rotatable bonds is 2. The van der Waals surface area contributed by atoms with Gasteiger partial charge in [0, 0.05) is 42.4 Å². The molecule has 0 unspecified atom stereocenters. The van der Waals surface area contributed by atoms with Gasteiger partial charge in [0.2, 0.25) is 5.91 Å². The molecule has 0 radical (unpaired) electrons. The number of carbonyl (C=O) groups excluding carboxylic acids is 2. The van der Waals surface area contributed by atoms with Crippen molar-refractivity contribution < 1.29 is 27.7 Å². The van der Waals surface area contributed by atoms with Crippen molar-refractivity contribution in [3.63, 3.8) is 0 Å². The second-order valence-corrected chi connectivity index (χ2v) is 9.76. The van der Waals surface area contributed by atoms with Crippen LogP contribution < -0.4 is 15.0 Å². The third-order valence-electron chi connectivity index (χ3n) is 6.43. The van der Waals surface area contributed by atoms with Crippen LogP contribution >= 0.6 is 22.9 Å². The van der Waals surface area contributed by atoms with Crippen LogP contribution in [0, 0.1) is 23.1 Å². The molecule has 3 heterocycles. The van der Waals surface area contributed by atoms with Crippen LogP contribution in [-0.4, -0.2) is 53.9 Å². The second kappa shape index (κ2) is 9.04. The van der Waals surface area contributed by atoms with Gasteiger partial charge in [0.05, 0.1) is 23.2 Å². The third kappa shape index (κ3) is 3.65. The summed E-state index contributed by atoms with van der Waals surface area (Å²) in [5.74, 6) is -2.14. The maximum Gasteiger partial charge on any atom is 0.376 e. The molecule has 5 rings (SSSR count). The minimum absolute atomic E-state index is 0.00491. The van der Waals surface area contributed by atoms with Gasteiger partial charge in [-0.15, -0.1) is 4.57 Å². The molecule has 1 aromatic heterocycles. The molecule has 1 fully saturated rings. The average molecular weight is 531 g/mol. The third-order valence-corrected chi connectivity index (χ3v) is 7.78. The molecule has 8 nitrogen and oxygen atoms in total. The first-order valence-electron chi connectivity index (χ1n) is 11.0. The lowest BCUT2D eigenvalue weighted by molar-refractivity contribution is -0.536. The number of piperazine rings is 1. The standard InChI is InChI=1S/C24H18ClF2N5O3S/c1-2-17(33)30-6-7-31-12(10-30)5-8-35-21-14(23(31)34)9-16(27)18(19(21)25)13-3-4-15(26)22-20(13)32(11-28)24(29)36-22/h2-4,9,12,29H,1,5-8,10H2/p+1/t12-/m0/s1. The van der Waals surface area contributed by atoms with Gasteiger partial charge >= 0.3 is 6.19 Å². The highest BCUT2D eigenvalue weighted by molar-refractivity contribution is 7.21. The molecule has 0 saturated carbocycles. The fraction of sp³-hybridized carbons (Fsp3) is 0.250. The molecule has 3 aromatic rings. The molecule has 2 amide bonds. The molecule has 0 bridgehead atoms. The molecule has 36 heavy (non-hydrogen) atoms. The van der Waals surface area contributed by atoms with Crippen LogP contribution in [0.25, 0.3) is 21.3 Å². The molecule has 1 atom stereocenters. The summed E-state index contributed by atoms with van der Waals surface area (Å²) in [6.07, 6.45) is 3.52. The van der Waals surface area contributed by atoms with E-state index in [2.05, 4.69) is 6.58 Å². The predicted octanol–water partition coefficient (Wildman–Crippen LogP) is 3.32. The number of ether oxygens (including phenoxy) is 1. The Balaban J connectivity index is 1.63. The first-order chi connectivity index (χ1) is 17.3. The number of nitriles is 1. The van der Waals surface area contributed by atoms with Crippen molar-refractivity contribution in [1.29, 1.82) is 5.26 Å². The van der Waals surface area contributed by atoms with Gasteiger partial charge in [-0.25, -0.2) is 8.78 Å². The monoisotopic (exact) mass is 530 g/mol. The van der Waals surface area contributed by atoms with Crippen LogP contribution in [0.1, 0.15) is 16.8 Å². The number of hydrogen-bond acceptors (Lipinski definition) is 6. The van der Waals surface area contributed by atoms with Crippen LogP contribution in [0.3, 0.4) is 0 Å². The van der Waals surface area contributed by atoms with Crippen LogP contribution in [0.2, 0.25) is 5.02 Å². The quantitative estimate of drug-likeness (QED) is 0.404. The number of anilines is 1.